The Labute approximate surface area is 149 Å². The molecule has 25 heavy (non-hydrogen) atoms. The van der Waals surface area contributed by atoms with E-state index in [4.69, 9.17) is 4.74 Å². The third-order valence-electron chi connectivity index (χ3n) is 5.44. The molecule has 5 nitrogen and oxygen atoms in total. The molecule has 0 N–H and O–H groups in total. The van der Waals surface area contributed by atoms with Crippen LogP contribution in [-0.2, 0) is 20.7 Å². The van der Waals surface area contributed by atoms with Crippen molar-refractivity contribution < 1.29 is 14.3 Å². The zero-order chi connectivity index (χ0) is 17.8. The van der Waals surface area contributed by atoms with E-state index in [0.29, 0.717) is 32.0 Å². The van der Waals surface area contributed by atoms with Gasteiger partial charge in [-0.3, -0.25) is 9.59 Å². The van der Waals surface area contributed by atoms with Crippen molar-refractivity contribution in [2.75, 3.05) is 33.3 Å². The lowest BCUT2D eigenvalue weighted by Crippen LogP contribution is -2.50. The molecule has 0 aromatic heterocycles. The van der Waals surface area contributed by atoms with E-state index < -0.39 is 0 Å². The van der Waals surface area contributed by atoms with E-state index in [9.17, 15) is 9.59 Å². The normalized spacial score (nSPS) is 24.0. The number of carbonyl (C=O) groups excluding carboxylic acids is 2. The van der Waals surface area contributed by atoms with E-state index in [0.717, 1.165) is 19.3 Å². The van der Waals surface area contributed by atoms with Crippen molar-refractivity contribution in [3.05, 3.63) is 35.4 Å². The van der Waals surface area contributed by atoms with Crippen LogP contribution in [-0.4, -0.2) is 61.0 Å². The van der Waals surface area contributed by atoms with Gasteiger partial charge >= 0.3 is 0 Å². The van der Waals surface area contributed by atoms with Crippen molar-refractivity contribution in [3.63, 3.8) is 0 Å². The molecule has 2 amide bonds. The summed E-state index contributed by atoms with van der Waals surface area (Å²) in [7, 11) is 1.76. The van der Waals surface area contributed by atoms with Gasteiger partial charge in [0.05, 0.1) is 12.6 Å². The van der Waals surface area contributed by atoms with E-state index in [2.05, 4.69) is 31.2 Å². The molecule has 0 saturated carbocycles. The minimum atomic E-state index is 0.0682. The Morgan fingerprint density at radius 2 is 2.00 bits per heavy atom. The lowest BCUT2D eigenvalue weighted by atomic mass is 9.88. The second-order valence-electron chi connectivity index (χ2n) is 7.27. The van der Waals surface area contributed by atoms with E-state index in [1.54, 1.807) is 12.0 Å². The standard InChI is InChI=1S/C20H28N2O3/c1-15-5-7-16(8-6-15)12-17-13-22(11-9-18(17)25-2)20(24)14-21-10-3-4-19(21)23/h5-8,17-18H,3-4,9-14H2,1-2H3/t17-,18-/m1/s1. The molecule has 2 heterocycles. The molecular formula is C20H28N2O3. The maximum atomic E-state index is 12.6. The Morgan fingerprint density at radius 3 is 2.64 bits per heavy atom. The Morgan fingerprint density at radius 1 is 1.24 bits per heavy atom. The molecule has 2 atom stereocenters. The quantitative estimate of drug-likeness (QED) is 0.821. The largest absolute Gasteiger partial charge is 0.381 e. The molecule has 0 bridgehead atoms. The van der Waals surface area contributed by atoms with Crippen molar-refractivity contribution in [2.45, 2.75) is 38.7 Å². The number of carbonyl (C=O) groups is 2. The number of likely N-dealkylation sites (tertiary alicyclic amines) is 2. The molecule has 1 aromatic rings. The van der Waals surface area contributed by atoms with Gasteiger partial charge < -0.3 is 14.5 Å². The van der Waals surface area contributed by atoms with Crippen LogP contribution in [0, 0.1) is 12.8 Å². The number of benzene rings is 1. The van der Waals surface area contributed by atoms with Gasteiger partial charge in [0.25, 0.3) is 0 Å². The van der Waals surface area contributed by atoms with Crippen LogP contribution in [0.15, 0.2) is 24.3 Å². The highest BCUT2D eigenvalue weighted by Gasteiger charge is 2.33. The molecule has 2 saturated heterocycles. The molecule has 136 valence electrons. The molecule has 0 aliphatic carbocycles. The van der Waals surface area contributed by atoms with E-state index in [1.165, 1.54) is 11.1 Å². The number of methoxy groups -OCH3 is 1. The molecule has 0 spiro atoms. The van der Waals surface area contributed by atoms with Crippen LogP contribution in [0.3, 0.4) is 0 Å². The lowest BCUT2D eigenvalue weighted by molar-refractivity contribution is -0.141. The summed E-state index contributed by atoms with van der Waals surface area (Å²) in [4.78, 5) is 28.0. The Hall–Kier alpha value is -1.88. The summed E-state index contributed by atoms with van der Waals surface area (Å²) < 4.78 is 5.68. The van der Waals surface area contributed by atoms with E-state index in [1.807, 2.05) is 4.90 Å². The zero-order valence-corrected chi connectivity index (χ0v) is 15.2. The Kier molecular flexibility index (Phi) is 5.74. The molecule has 2 fully saturated rings. The van der Waals surface area contributed by atoms with Crippen LogP contribution in [0.25, 0.3) is 0 Å². The number of amides is 2. The zero-order valence-electron chi connectivity index (χ0n) is 15.2. The van der Waals surface area contributed by atoms with Crippen molar-refractivity contribution in [2.24, 2.45) is 5.92 Å². The third kappa shape index (κ3) is 4.40. The van der Waals surface area contributed by atoms with Gasteiger partial charge in [-0.25, -0.2) is 0 Å². The highest BCUT2D eigenvalue weighted by molar-refractivity contribution is 5.85. The van der Waals surface area contributed by atoms with Gasteiger partial charge in [0.15, 0.2) is 0 Å². The first-order valence-electron chi connectivity index (χ1n) is 9.20. The van der Waals surface area contributed by atoms with Gasteiger partial charge in [-0.15, -0.1) is 0 Å². The minimum Gasteiger partial charge on any atom is -0.381 e. The average Bonchev–Trinajstić information content (AvgIpc) is 3.01. The van der Waals surface area contributed by atoms with Crippen LogP contribution in [0.1, 0.15) is 30.4 Å². The topological polar surface area (TPSA) is 49.9 Å². The number of hydrogen-bond donors (Lipinski definition) is 0. The van der Waals surface area contributed by atoms with Gasteiger partial charge in [0.1, 0.15) is 0 Å². The predicted molar refractivity (Wildman–Crippen MR) is 96.2 cm³/mol. The third-order valence-corrected chi connectivity index (χ3v) is 5.44. The molecule has 0 radical (unpaired) electrons. The molecule has 3 rings (SSSR count). The average molecular weight is 344 g/mol. The van der Waals surface area contributed by atoms with Gasteiger partial charge in [0.2, 0.25) is 11.8 Å². The van der Waals surface area contributed by atoms with Gasteiger partial charge in [-0.2, -0.15) is 0 Å². The first-order chi connectivity index (χ1) is 12.1. The summed E-state index contributed by atoms with van der Waals surface area (Å²) in [6, 6.07) is 8.57. The van der Waals surface area contributed by atoms with Crippen molar-refractivity contribution in [1.29, 1.82) is 0 Å². The highest BCUT2D eigenvalue weighted by atomic mass is 16.5. The van der Waals surface area contributed by atoms with Crippen LogP contribution in [0.2, 0.25) is 0 Å². The fourth-order valence-corrected chi connectivity index (χ4v) is 3.90. The summed E-state index contributed by atoms with van der Waals surface area (Å²) >= 11 is 0. The SMILES string of the molecule is CO[C@@H]1CCN(C(=O)CN2CCCC2=O)C[C@H]1Cc1ccc(C)cc1. The first-order valence-corrected chi connectivity index (χ1v) is 9.20. The smallest absolute Gasteiger partial charge is 0.242 e. The molecule has 0 unspecified atom stereocenters. The Balaban J connectivity index is 1.62. The number of nitrogens with zero attached hydrogens (tertiary/aromatic N) is 2. The van der Waals surface area contributed by atoms with Crippen LogP contribution in [0.4, 0.5) is 0 Å². The molecule has 2 aliphatic rings. The minimum absolute atomic E-state index is 0.0682. The van der Waals surface area contributed by atoms with Gasteiger partial charge in [0, 0.05) is 39.1 Å². The molecule has 2 aliphatic heterocycles. The number of ether oxygens (including phenoxy) is 1. The fourth-order valence-electron chi connectivity index (χ4n) is 3.90. The van der Waals surface area contributed by atoms with Crippen molar-refractivity contribution in [1.82, 2.24) is 9.80 Å². The second-order valence-corrected chi connectivity index (χ2v) is 7.27. The maximum Gasteiger partial charge on any atom is 0.242 e. The van der Waals surface area contributed by atoms with Crippen molar-refractivity contribution in [3.8, 4) is 0 Å². The number of piperidine rings is 1. The second kappa shape index (κ2) is 8.00. The number of hydrogen-bond acceptors (Lipinski definition) is 3. The fraction of sp³-hybridized carbons (Fsp3) is 0.600. The van der Waals surface area contributed by atoms with E-state index >= 15 is 0 Å². The monoisotopic (exact) mass is 344 g/mol. The van der Waals surface area contributed by atoms with Crippen LogP contribution >= 0.6 is 0 Å². The van der Waals surface area contributed by atoms with Crippen LogP contribution in [0.5, 0.6) is 0 Å². The highest BCUT2D eigenvalue weighted by Crippen LogP contribution is 2.24. The lowest BCUT2D eigenvalue weighted by Gasteiger charge is -2.38. The van der Waals surface area contributed by atoms with Gasteiger partial charge in [-0.05, 0) is 31.7 Å². The van der Waals surface area contributed by atoms with E-state index in [-0.39, 0.29) is 24.5 Å². The number of rotatable bonds is 5. The van der Waals surface area contributed by atoms with Crippen molar-refractivity contribution >= 4 is 11.8 Å². The summed E-state index contributed by atoms with van der Waals surface area (Å²) in [6.45, 7) is 4.44. The van der Waals surface area contributed by atoms with Gasteiger partial charge in [-0.1, -0.05) is 29.8 Å². The van der Waals surface area contributed by atoms with Crippen LogP contribution < -0.4 is 0 Å². The molecule has 5 heteroatoms. The molecule has 1 aromatic carbocycles. The maximum absolute atomic E-state index is 12.6. The predicted octanol–water partition coefficient (Wildman–Crippen LogP) is 2.02. The summed E-state index contributed by atoms with van der Waals surface area (Å²) in [5.41, 5.74) is 2.53. The Bertz CT molecular complexity index is 614. The summed E-state index contributed by atoms with van der Waals surface area (Å²) in [5, 5.41) is 0. The molecular weight excluding hydrogens is 316 g/mol. The summed E-state index contributed by atoms with van der Waals surface area (Å²) in [6.07, 6.45) is 3.39. The first kappa shape index (κ1) is 17.9. The summed E-state index contributed by atoms with van der Waals surface area (Å²) in [5.74, 6) is 0.467. The number of aryl methyl sites for hydroxylation is 1.